The van der Waals surface area contributed by atoms with Crippen molar-refractivity contribution in [3.8, 4) is 0 Å². The van der Waals surface area contributed by atoms with Gasteiger partial charge in [-0.1, -0.05) is 18.2 Å². The second kappa shape index (κ2) is 6.03. The van der Waals surface area contributed by atoms with E-state index >= 15 is 0 Å². The van der Waals surface area contributed by atoms with E-state index in [4.69, 9.17) is 10.5 Å². The Bertz CT molecular complexity index is 645. The number of piperidine rings is 1. The first-order valence-electron chi connectivity index (χ1n) is 7.38. The molecule has 0 radical (unpaired) electrons. The lowest BCUT2D eigenvalue weighted by Gasteiger charge is -2.31. The standard InChI is InChI=1S/C16H20N2O2S/c1-2-20-11-7-9-18(10-8-11)16(19)15-14(17)12-5-3-4-6-13(12)21-15/h3-6,11H,2,7-10,17H2,1H3. The summed E-state index contributed by atoms with van der Waals surface area (Å²) in [6, 6.07) is 7.90. The van der Waals surface area contributed by atoms with Gasteiger partial charge in [-0.2, -0.15) is 0 Å². The fourth-order valence-electron chi connectivity index (χ4n) is 2.83. The Morgan fingerprint density at radius 2 is 2.10 bits per heavy atom. The molecular formula is C16H20N2O2S. The molecule has 2 N–H and O–H groups in total. The van der Waals surface area contributed by atoms with Crippen molar-refractivity contribution >= 4 is 33.0 Å². The molecule has 0 bridgehead atoms. The molecule has 3 rings (SSSR count). The molecule has 1 saturated heterocycles. The minimum Gasteiger partial charge on any atom is -0.397 e. The molecule has 21 heavy (non-hydrogen) atoms. The molecule has 4 nitrogen and oxygen atoms in total. The molecule has 0 unspecified atom stereocenters. The van der Waals surface area contributed by atoms with Crippen LogP contribution in [-0.2, 0) is 4.74 Å². The summed E-state index contributed by atoms with van der Waals surface area (Å²) in [6.07, 6.45) is 2.10. The lowest BCUT2D eigenvalue weighted by Crippen LogP contribution is -2.40. The number of likely N-dealkylation sites (tertiary alicyclic amines) is 1. The van der Waals surface area contributed by atoms with Crippen molar-refractivity contribution in [3.05, 3.63) is 29.1 Å². The predicted octanol–water partition coefficient (Wildman–Crippen LogP) is 3.12. The molecule has 0 atom stereocenters. The number of ether oxygens (including phenoxy) is 1. The van der Waals surface area contributed by atoms with Gasteiger partial charge in [-0.3, -0.25) is 4.79 Å². The largest absolute Gasteiger partial charge is 0.397 e. The summed E-state index contributed by atoms with van der Waals surface area (Å²) >= 11 is 1.49. The van der Waals surface area contributed by atoms with E-state index in [-0.39, 0.29) is 5.91 Å². The van der Waals surface area contributed by atoms with Crippen LogP contribution in [0, 0.1) is 0 Å². The molecule has 1 aromatic heterocycles. The highest BCUT2D eigenvalue weighted by molar-refractivity contribution is 7.21. The molecule has 1 fully saturated rings. The van der Waals surface area contributed by atoms with Gasteiger partial charge in [0, 0.05) is 29.8 Å². The van der Waals surface area contributed by atoms with E-state index in [2.05, 4.69) is 0 Å². The fourth-order valence-corrected chi connectivity index (χ4v) is 3.92. The van der Waals surface area contributed by atoms with Crippen LogP contribution in [0.15, 0.2) is 24.3 Å². The van der Waals surface area contributed by atoms with Crippen LogP contribution < -0.4 is 5.73 Å². The average molecular weight is 304 g/mol. The van der Waals surface area contributed by atoms with E-state index < -0.39 is 0 Å². The van der Waals surface area contributed by atoms with E-state index in [9.17, 15) is 4.79 Å². The van der Waals surface area contributed by atoms with E-state index in [1.807, 2.05) is 36.1 Å². The van der Waals surface area contributed by atoms with Gasteiger partial charge >= 0.3 is 0 Å². The molecule has 1 aliphatic rings. The maximum atomic E-state index is 12.7. The summed E-state index contributed by atoms with van der Waals surface area (Å²) in [7, 11) is 0. The second-order valence-corrected chi connectivity index (χ2v) is 6.34. The number of nitrogens with two attached hydrogens (primary N) is 1. The van der Waals surface area contributed by atoms with Crippen molar-refractivity contribution in [2.75, 3.05) is 25.4 Å². The topological polar surface area (TPSA) is 55.6 Å². The number of benzene rings is 1. The normalized spacial score (nSPS) is 16.5. The van der Waals surface area contributed by atoms with Crippen molar-refractivity contribution in [2.24, 2.45) is 0 Å². The molecule has 2 aromatic rings. The van der Waals surface area contributed by atoms with E-state index in [0.717, 1.165) is 42.6 Å². The molecular weight excluding hydrogens is 284 g/mol. The number of hydrogen-bond acceptors (Lipinski definition) is 4. The van der Waals surface area contributed by atoms with Crippen LogP contribution in [-0.4, -0.2) is 36.6 Å². The zero-order valence-corrected chi connectivity index (χ0v) is 13.0. The number of rotatable bonds is 3. The first kappa shape index (κ1) is 14.4. The van der Waals surface area contributed by atoms with Crippen molar-refractivity contribution in [1.82, 2.24) is 4.90 Å². The van der Waals surface area contributed by atoms with Gasteiger partial charge in [0.2, 0.25) is 0 Å². The quantitative estimate of drug-likeness (QED) is 0.948. The van der Waals surface area contributed by atoms with Crippen LogP contribution in [0.4, 0.5) is 5.69 Å². The molecule has 1 aliphatic heterocycles. The second-order valence-electron chi connectivity index (χ2n) is 5.29. The number of anilines is 1. The number of nitrogens with zero attached hydrogens (tertiary/aromatic N) is 1. The van der Waals surface area contributed by atoms with Gasteiger partial charge in [-0.15, -0.1) is 11.3 Å². The van der Waals surface area contributed by atoms with Crippen molar-refractivity contribution < 1.29 is 9.53 Å². The molecule has 112 valence electrons. The average Bonchev–Trinajstić information content (AvgIpc) is 2.85. The third-order valence-electron chi connectivity index (χ3n) is 3.96. The van der Waals surface area contributed by atoms with Gasteiger partial charge < -0.3 is 15.4 Å². The van der Waals surface area contributed by atoms with Gasteiger partial charge in [-0.25, -0.2) is 0 Å². The number of amides is 1. The maximum Gasteiger partial charge on any atom is 0.266 e. The fraction of sp³-hybridized carbons (Fsp3) is 0.438. The molecule has 0 aliphatic carbocycles. The smallest absolute Gasteiger partial charge is 0.266 e. The van der Waals surface area contributed by atoms with Crippen LogP contribution in [0.3, 0.4) is 0 Å². The summed E-state index contributed by atoms with van der Waals surface area (Å²) in [6.45, 7) is 4.24. The van der Waals surface area contributed by atoms with Crippen LogP contribution >= 0.6 is 11.3 Å². The highest BCUT2D eigenvalue weighted by atomic mass is 32.1. The highest BCUT2D eigenvalue weighted by Gasteiger charge is 2.26. The van der Waals surface area contributed by atoms with E-state index in [1.165, 1.54) is 11.3 Å². The SMILES string of the molecule is CCOC1CCN(C(=O)c2sc3ccccc3c2N)CC1. The molecule has 1 amide bonds. The summed E-state index contributed by atoms with van der Waals surface area (Å²) in [4.78, 5) is 15.2. The minimum absolute atomic E-state index is 0.0589. The molecule has 0 saturated carbocycles. The maximum absolute atomic E-state index is 12.7. The summed E-state index contributed by atoms with van der Waals surface area (Å²) in [5, 5.41) is 0.982. The van der Waals surface area contributed by atoms with Crippen molar-refractivity contribution in [1.29, 1.82) is 0 Å². The van der Waals surface area contributed by atoms with Crippen LogP contribution in [0.5, 0.6) is 0 Å². The van der Waals surface area contributed by atoms with E-state index in [1.54, 1.807) is 0 Å². The van der Waals surface area contributed by atoms with Gasteiger partial charge in [-0.05, 0) is 25.8 Å². The third kappa shape index (κ3) is 2.76. The molecule has 2 heterocycles. The summed E-state index contributed by atoms with van der Waals surface area (Å²) in [5.74, 6) is 0.0589. The van der Waals surface area contributed by atoms with Gasteiger partial charge in [0.25, 0.3) is 5.91 Å². The van der Waals surface area contributed by atoms with Gasteiger partial charge in [0.15, 0.2) is 0 Å². The molecule has 1 aromatic carbocycles. The number of nitrogen functional groups attached to an aromatic ring is 1. The number of hydrogen-bond donors (Lipinski definition) is 1. The Morgan fingerprint density at radius 3 is 2.76 bits per heavy atom. The van der Waals surface area contributed by atoms with Crippen LogP contribution in [0.1, 0.15) is 29.4 Å². The Labute approximate surface area is 128 Å². The summed E-state index contributed by atoms with van der Waals surface area (Å²) in [5.41, 5.74) is 6.78. The van der Waals surface area contributed by atoms with Crippen LogP contribution in [0.2, 0.25) is 0 Å². The van der Waals surface area contributed by atoms with E-state index in [0.29, 0.717) is 16.7 Å². The van der Waals surface area contributed by atoms with Gasteiger partial charge in [0.1, 0.15) is 4.88 Å². The molecule has 5 heteroatoms. The Hall–Kier alpha value is -1.59. The zero-order valence-electron chi connectivity index (χ0n) is 12.2. The lowest BCUT2D eigenvalue weighted by molar-refractivity contribution is 0.0148. The monoisotopic (exact) mass is 304 g/mol. The first-order chi connectivity index (χ1) is 10.2. The Balaban J connectivity index is 1.77. The Morgan fingerprint density at radius 1 is 1.38 bits per heavy atom. The predicted molar refractivity (Wildman–Crippen MR) is 86.8 cm³/mol. The highest BCUT2D eigenvalue weighted by Crippen LogP contribution is 2.34. The number of thiophene rings is 1. The molecule has 0 spiro atoms. The zero-order chi connectivity index (χ0) is 14.8. The Kier molecular flexibility index (Phi) is 4.12. The lowest BCUT2D eigenvalue weighted by atomic mass is 10.1. The van der Waals surface area contributed by atoms with Crippen molar-refractivity contribution in [2.45, 2.75) is 25.9 Å². The summed E-state index contributed by atoms with van der Waals surface area (Å²) < 4.78 is 6.70. The number of carbonyl (C=O) groups excluding carboxylic acids is 1. The number of carbonyl (C=O) groups is 1. The number of fused-ring (bicyclic) bond motifs is 1. The van der Waals surface area contributed by atoms with Crippen LogP contribution in [0.25, 0.3) is 10.1 Å². The minimum atomic E-state index is 0.0589. The first-order valence-corrected chi connectivity index (χ1v) is 8.20. The van der Waals surface area contributed by atoms with Gasteiger partial charge in [0.05, 0.1) is 11.8 Å². The third-order valence-corrected chi connectivity index (χ3v) is 5.13. The van der Waals surface area contributed by atoms with Crippen molar-refractivity contribution in [3.63, 3.8) is 0 Å².